The van der Waals surface area contributed by atoms with Crippen molar-refractivity contribution in [2.24, 2.45) is 0 Å². The Morgan fingerprint density at radius 2 is 1.88 bits per heavy atom. The van der Waals surface area contributed by atoms with Crippen molar-refractivity contribution in [1.82, 2.24) is 14.8 Å². The highest BCUT2D eigenvalue weighted by molar-refractivity contribution is 7.91. The number of piperazine rings is 1. The van der Waals surface area contributed by atoms with Crippen LogP contribution in [0.5, 0.6) is 5.75 Å². The average Bonchev–Trinajstić information content (AvgIpc) is 3.18. The molecule has 3 aromatic rings. The summed E-state index contributed by atoms with van der Waals surface area (Å²) in [6.45, 7) is 4.69. The van der Waals surface area contributed by atoms with Crippen molar-refractivity contribution in [2.75, 3.05) is 50.8 Å². The normalized spacial score (nSPS) is 15.6. The van der Waals surface area contributed by atoms with Gasteiger partial charge >= 0.3 is 6.09 Å². The molecule has 33 heavy (non-hydrogen) atoms. The SMILES string of the molecule is CN1CCN(CCCS(=O)(=O)c2ccc3nc(NC(=O)Oc4ccc(F)cc4)sc3c2)CC1. The maximum Gasteiger partial charge on any atom is 0.418 e. The van der Waals surface area contributed by atoms with E-state index in [-0.39, 0.29) is 21.5 Å². The van der Waals surface area contributed by atoms with Gasteiger partial charge in [-0.15, -0.1) is 0 Å². The number of amides is 1. The van der Waals surface area contributed by atoms with Gasteiger partial charge in [0.1, 0.15) is 11.6 Å². The third kappa shape index (κ3) is 6.26. The Morgan fingerprint density at radius 1 is 1.15 bits per heavy atom. The molecule has 1 aromatic heterocycles. The Balaban J connectivity index is 1.36. The molecule has 1 saturated heterocycles. The summed E-state index contributed by atoms with van der Waals surface area (Å²) >= 11 is 1.16. The number of carbonyl (C=O) groups excluding carboxylic acids is 1. The number of benzene rings is 2. The summed E-state index contributed by atoms with van der Waals surface area (Å²) in [5, 5.41) is 2.80. The van der Waals surface area contributed by atoms with Crippen LogP contribution >= 0.6 is 11.3 Å². The van der Waals surface area contributed by atoms with Crippen molar-refractivity contribution in [3.8, 4) is 5.75 Å². The Labute approximate surface area is 195 Å². The number of likely N-dealkylation sites (N-methyl/N-ethyl adjacent to an activating group) is 1. The van der Waals surface area contributed by atoms with Crippen molar-refractivity contribution in [3.05, 3.63) is 48.3 Å². The topological polar surface area (TPSA) is 91.8 Å². The van der Waals surface area contributed by atoms with E-state index in [0.29, 0.717) is 16.6 Å². The minimum absolute atomic E-state index is 0.0821. The number of thiazole rings is 1. The number of ether oxygens (including phenoxy) is 1. The summed E-state index contributed by atoms with van der Waals surface area (Å²) in [4.78, 5) is 21.2. The number of anilines is 1. The van der Waals surface area contributed by atoms with Gasteiger partial charge in [-0.1, -0.05) is 11.3 Å². The molecule has 8 nitrogen and oxygen atoms in total. The van der Waals surface area contributed by atoms with Crippen LogP contribution < -0.4 is 10.1 Å². The van der Waals surface area contributed by atoms with E-state index in [1.165, 1.54) is 24.3 Å². The molecular formula is C22H25FN4O4S2. The van der Waals surface area contributed by atoms with Crippen LogP contribution in [0.1, 0.15) is 6.42 Å². The molecule has 1 N–H and O–H groups in total. The lowest BCUT2D eigenvalue weighted by atomic mass is 10.3. The van der Waals surface area contributed by atoms with Gasteiger partial charge in [0, 0.05) is 26.2 Å². The van der Waals surface area contributed by atoms with Gasteiger partial charge in [0.25, 0.3) is 0 Å². The molecule has 1 fully saturated rings. The van der Waals surface area contributed by atoms with E-state index in [1.807, 2.05) is 0 Å². The first-order valence-electron chi connectivity index (χ1n) is 10.6. The van der Waals surface area contributed by atoms with Gasteiger partial charge in [0.15, 0.2) is 15.0 Å². The number of nitrogens with one attached hydrogen (secondary N) is 1. The molecule has 0 atom stereocenters. The molecule has 0 aliphatic carbocycles. The van der Waals surface area contributed by atoms with E-state index < -0.39 is 21.7 Å². The molecule has 0 unspecified atom stereocenters. The van der Waals surface area contributed by atoms with Crippen LogP contribution in [0.4, 0.5) is 14.3 Å². The second-order valence-electron chi connectivity index (χ2n) is 7.93. The van der Waals surface area contributed by atoms with Crippen LogP contribution in [0.15, 0.2) is 47.4 Å². The van der Waals surface area contributed by atoms with Gasteiger partial charge in [-0.25, -0.2) is 22.6 Å². The fourth-order valence-corrected chi connectivity index (χ4v) is 5.82. The zero-order valence-electron chi connectivity index (χ0n) is 18.2. The van der Waals surface area contributed by atoms with Crippen molar-refractivity contribution < 1.29 is 22.3 Å². The smallest absolute Gasteiger partial charge is 0.410 e. The highest BCUT2D eigenvalue weighted by Crippen LogP contribution is 2.29. The molecule has 2 heterocycles. The molecule has 2 aromatic carbocycles. The Bertz CT molecular complexity index is 1220. The molecule has 11 heteroatoms. The molecule has 4 rings (SSSR count). The first-order chi connectivity index (χ1) is 15.8. The minimum Gasteiger partial charge on any atom is -0.410 e. The van der Waals surface area contributed by atoms with Gasteiger partial charge < -0.3 is 14.5 Å². The predicted octanol–water partition coefficient (Wildman–Crippen LogP) is 3.46. The third-order valence-corrected chi connectivity index (χ3v) is 8.17. The molecule has 0 radical (unpaired) electrons. The van der Waals surface area contributed by atoms with E-state index >= 15 is 0 Å². The molecule has 1 aliphatic rings. The van der Waals surface area contributed by atoms with Crippen molar-refractivity contribution >= 4 is 42.6 Å². The first kappa shape index (κ1) is 23.6. The van der Waals surface area contributed by atoms with Gasteiger partial charge in [-0.05, 0) is 62.5 Å². The van der Waals surface area contributed by atoms with Crippen LogP contribution in [-0.2, 0) is 9.84 Å². The van der Waals surface area contributed by atoms with Crippen molar-refractivity contribution in [1.29, 1.82) is 0 Å². The number of hydrogen-bond acceptors (Lipinski definition) is 8. The summed E-state index contributed by atoms with van der Waals surface area (Å²) in [6, 6.07) is 9.83. The largest absolute Gasteiger partial charge is 0.418 e. The number of sulfone groups is 1. The maximum absolute atomic E-state index is 13.0. The number of fused-ring (bicyclic) bond motifs is 1. The summed E-state index contributed by atoms with van der Waals surface area (Å²) in [5.41, 5.74) is 0.577. The van der Waals surface area contributed by atoms with Crippen LogP contribution in [0.2, 0.25) is 0 Å². The number of carbonyl (C=O) groups is 1. The van der Waals surface area contributed by atoms with Crippen LogP contribution in [0.3, 0.4) is 0 Å². The lowest BCUT2D eigenvalue weighted by molar-refractivity contribution is 0.154. The predicted molar refractivity (Wildman–Crippen MR) is 126 cm³/mol. The van der Waals surface area contributed by atoms with Crippen LogP contribution in [-0.4, -0.2) is 74.8 Å². The van der Waals surface area contributed by atoms with E-state index in [0.717, 1.165) is 44.1 Å². The number of aromatic nitrogens is 1. The highest BCUT2D eigenvalue weighted by atomic mass is 32.2. The standard InChI is InChI=1S/C22H25FN4O4S2/c1-26-10-12-27(13-11-26)9-2-14-33(29,30)18-7-8-19-20(15-18)32-21(24-19)25-22(28)31-17-5-3-16(23)4-6-17/h3-8,15H,2,9-14H2,1H3,(H,24,25,28). The lowest BCUT2D eigenvalue weighted by Gasteiger charge is -2.32. The summed E-state index contributed by atoms with van der Waals surface area (Å²) < 4.78 is 44.3. The quantitative estimate of drug-likeness (QED) is 0.540. The fourth-order valence-electron chi connectivity index (χ4n) is 3.54. The molecule has 1 aliphatic heterocycles. The van der Waals surface area contributed by atoms with Crippen LogP contribution in [0, 0.1) is 5.82 Å². The van der Waals surface area contributed by atoms with Crippen molar-refractivity contribution in [3.63, 3.8) is 0 Å². The number of halogens is 1. The minimum atomic E-state index is -3.42. The zero-order valence-corrected chi connectivity index (χ0v) is 19.8. The number of rotatable bonds is 7. The van der Waals surface area contributed by atoms with Crippen molar-refractivity contribution in [2.45, 2.75) is 11.3 Å². The molecule has 0 saturated carbocycles. The Hall–Kier alpha value is -2.60. The summed E-state index contributed by atoms with van der Waals surface area (Å²) in [5.74, 6) is -0.155. The summed E-state index contributed by atoms with van der Waals surface area (Å²) in [6.07, 6.45) is -0.188. The molecular weight excluding hydrogens is 467 g/mol. The second kappa shape index (κ2) is 10.1. The molecule has 176 valence electrons. The number of hydrogen-bond donors (Lipinski definition) is 1. The van der Waals surface area contributed by atoms with Gasteiger partial charge in [-0.3, -0.25) is 5.32 Å². The lowest BCUT2D eigenvalue weighted by Crippen LogP contribution is -2.44. The van der Waals surface area contributed by atoms with E-state index in [9.17, 15) is 17.6 Å². The monoisotopic (exact) mass is 492 g/mol. The molecule has 1 amide bonds. The van der Waals surface area contributed by atoms with E-state index in [1.54, 1.807) is 18.2 Å². The van der Waals surface area contributed by atoms with Crippen LogP contribution in [0.25, 0.3) is 10.2 Å². The average molecular weight is 493 g/mol. The zero-order chi connectivity index (χ0) is 23.4. The van der Waals surface area contributed by atoms with Gasteiger partial charge in [0.05, 0.1) is 20.9 Å². The van der Waals surface area contributed by atoms with Gasteiger partial charge in [-0.2, -0.15) is 0 Å². The molecule has 0 bridgehead atoms. The second-order valence-corrected chi connectivity index (χ2v) is 11.1. The first-order valence-corrected chi connectivity index (χ1v) is 13.0. The summed E-state index contributed by atoms with van der Waals surface area (Å²) in [7, 11) is -1.33. The Kier molecular flexibility index (Phi) is 7.23. The fraction of sp³-hybridized carbons (Fsp3) is 0.364. The third-order valence-electron chi connectivity index (χ3n) is 5.44. The van der Waals surface area contributed by atoms with E-state index in [2.05, 4.69) is 27.1 Å². The maximum atomic E-state index is 13.0. The van der Waals surface area contributed by atoms with Gasteiger partial charge in [0.2, 0.25) is 0 Å². The highest BCUT2D eigenvalue weighted by Gasteiger charge is 2.19. The van der Waals surface area contributed by atoms with E-state index in [4.69, 9.17) is 4.74 Å². The molecule has 0 spiro atoms. The Morgan fingerprint density at radius 3 is 2.61 bits per heavy atom. The number of nitrogens with zero attached hydrogens (tertiary/aromatic N) is 3.